The van der Waals surface area contributed by atoms with Crippen LogP contribution in [0.15, 0.2) is 22.3 Å². The van der Waals surface area contributed by atoms with Gasteiger partial charge in [0.2, 0.25) is 0 Å². The molecular weight excluding hydrogens is 270 g/mol. The molecule has 0 atom stereocenters. The maximum absolute atomic E-state index is 12.4. The second-order valence-electron chi connectivity index (χ2n) is 4.76. The van der Waals surface area contributed by atoms with E-state index in [0.717, 1.165) is 35.9 Å². The minimum atomic E-state index is 0.0397. The molecule has 0 aliphatic rings. The van der Waals surface area contributed by atoms with Crippen molar-refractivity contribution < 1.29 is 0 Å². The van der Waals surface area contributed by atoms with Gasteiger partial charge in [0.1, 0.15) is 0 Å². The van der Waals surface area contributed by atoms with Crippen LogP contribution < -0.4 is 10.9 Å². The standard InChI is InChI=1S/C15H21N3OS/c1-4-6-9-16-15-17-13(10-20-15)12-8-7-11(3)18(5-2)14(12)19/h7-8,10H,4-6,9H2,1-3H3,(H,16,17). The Morgan fingerprint density at radius 1 is 1.35 bits per heavy atom. The van der Waals surface area contributed by atoms with Gasteiger partial charge in [0.05, 0.1) is 11.3 Å². The fraction of sp³-hybridized carbons (Fsp3) is 0.467. The fourth-order valence-electron chi connectivity index (χ4n) is 2.11. The summed E-state index contributed by atoms with van der Waals surface area (Å²) in [7, 11) is 0. The van der Waals surface area contributed by atoms with Crippen LogP contribution in [0.3, 0.4) is 0 Å². The smallest absolute Gasteiger partial charge is 0.260 e. The Morgan fingerprint density at radius 3 is 2.85 bits per heavy atom. The van der Waals surface area contributed by atoms with Crippen molar-refractivity contribution in [1.29, 1.82) is 0 Å². The third kappa shape index (κ3) is 3.10. The van der Waals surface area contributed by atoms with Crippen molar-refractivity contribution in [3.05, 3.63) is 33.6 Å². The number of anilines is 1. The van der Waals surface area contributed by atoms with Crippen LogP contribution in [-0.2, 0) is 6.54 Å². The summed E-state index contributed by atoms with van der Waals surface area (Å²) >= 11 is 1.55. The van der Waals surface area contributed by atoms with Gasteiger partial charge in [-0.3, -0.25) is 4.79 Å². The highest BCUT2D eigenvalue weighted by Gasteiger charge is 2.10. The molecule has 108 valence electrons. The van der Waals surface area contributed by atoms with Gasteiger partial charge in [0.25, 0.3) is 5.56 Å². The monoisotopic (exact) mass is 291 g/mol. The fourth-order valence-corrected chi connectivity index (χ4v) is 2.85. The number of nitrogens with zero attached hydrogens (tertiary/aromatic N) is 2. The van der Waals surface area contributed by atoms with E-state index in [9.17, 15) is 4.79 Å². The van der Waals surface area contributed by atoms with Crippen molar-refractivity contribution in [1.82, 2.24) is 9.55 Å². The van der Waals surface area contributed by atoms with E-state index in [4.69, 9.17) is 0 Å². The van der Waals surface area contributed by atoms with Crippen LogP contribution in [0.2, 0.25) is 0 Å². The number of pyridine rings is 1. The number of hydrogen-bond acceptors (Lipinski definition) is 4. The molecule has 1 N–H and O–H groups in total. The first-order valence-corrected chi connectivity index (χ1v) is 7.95. The van der Waals surface area contributed by atoms with Gasteiger partial charge in [0.15, 0.2) is 5.13 Å². The van der Waals surface area contributed by atoms with Gasteiger partial charge in [-0.1, -0.05) is 13.3 Å². The van der Waals surface area contributed by atoms with Gasteiger partial charge in [0, 0.05) is 24.2 Å². The molecule has 0 spiro atoms. The third-order valence-corrected chi connectivity index (χ3v) is 4.10. The number of unbranched alkanes of at least 4 members (excludes halogenated alkanes) is 1. The molecule has 2 aromatic heterocycles. The number of thiazole rings is 1. The Kier molecular flexibility index (Phi) is 4.95. The van der Waals surface area contributed by atoms with Crippen molar-refractivity contribution in [2.75, 3.05) is 11.9 Å². The zero-order chi connectivity index (χ0) is 14.5. The van der Waals surface area contributed by atoms with Crippen LogP contribution in [0, 0.1) is 6.92 Å². The maximum atomic E-state index is 12.4. The number of hydrogen-bond donors (Lipinski definition) is 1. The highest BCUT2D eigenvalue weighted by atomic mass is 32.1. The normalized spacial score (nSPS) is 10.8. The van der Waals surface area contributed by atoms with E-state index in [1.807, 2.05) is 31.4 Å². The molecular formula is C15H21N3OS. The van der Waals surface area contributed by atoms with Gasteiger partial charge < -0.3 is 9.88 Å². The molecule has 5 heteroatoms. The van der Waals surface area contributed by atoms with Crippen molar-refractivity contribution in [3.8, 4) is 11.3 Å². The Balaban J connectivity index is 2.26. The van der Waals surface area contributed by atoms with E-state index in [0.29, 0.717) is 12.1 Å². The summed E-state index contributed by atoms with van der Waals surface area (Å²) in [6.45, 7) is 7.71. The van der Waals surface area contributed by atoms with Crippen LogP contribution in [-0.4, -0.2) is 16.1 Å². The minimum absolute atomic E-state index is 0.0397. The van der Waals surface area contributed by atoms with Crippen LogP contribution in [0.4, 0.5) is 5.13 Å². The molecule has 20 heavy (non-hydrogen) atoms. The Bertz CT molecular complexity index is 630. The SMILES string of the molecule is CCCCNc1nc(-c2ccc(C)n(CC)c2=O)cs1. The number of aromatic nitrogens is 2. The van der Waals surface area contributed by atoms with Crippen molar-refractivity contribution >= 4 is 16.5 Å². The predicted molar refractivity (Wildman–Crippen MR) is 85.6 cm³/mol. The molecule has 4 nitrogen and oxygen atoms in total. The lowest BCUT2D eigenvalue weighted by Crippen LogP contribution is -2.22. The third-order valence-electron chi connectivity index (χ3n) is 3.30. The predicted octanol–water partition coefficient (Wildman–Crippen LogP) is 3.51. The van der Waals surface area contributed by atoms with Gasteiger partial charge in [-0.05, 0) is 32.4 Å². The number of aryl methyl sites for hydroxylation is 1. The molecule has 0 radical (unpaired) electrons. The number of nitrogens with one attached hydrogen (secondary N) is 1. The lowest BCUT2D eigenvalue weighted by molar-refractivity contribution is 0.702. The molecule has 0 unspecified atom stereocenters. The average Bonchev–Trinajstić information content (AvgIpc) is 2.88. The summed E-state index contributed by atoms with van der Waals surface area (Å²) in [6, 6.07) is 3.85. The van der Waals surface area contributed by atoms with E-state index in [1.165, 1.54) is 0 Å². The summed E-state index contributed by atoms with van der Waals surface area (Å²) in [5.41, 5.74) is 2.47. The average molecular weight is 291 g/mol. The Morgan fingerprint density at radius 2 is 2.15 bits per heavy atom. The molecule has 0 saturated carbocycles. The molecule has 0 aromatic carbocycles. The summed E-state index contributed by atoms with van der Waals surface area (Å²) < 4.78 is 1.78. The van der Waals surface area contributed by atoms with Gasteiger partial charge in [-0.15, -0.1) is 11.3 Å². The largest absolute Gasteiger partial charge is 0.362 e. The van der Waals surface area contributed by atoms with Gasteiger partial charge in [-0.2, -0.15) is 0 Å². The lowest BCUT2D eigenvalue weighted by atomic mass is 10.2. The lowest BCUT2D eigenvalue weighted by Gasteiger charge is -2.08. The molecule has 0 saturated heterocycles. The van der Waals surface area contributed by atoms with Gasteiger partial charge >= 0.3 is 0 Å². The summed E-state index contributed by atoms with van der Waals surface area (Å²) in [5, 5.41) is 6.12. The van der Waals surface area contributed by atoms with E-state index >= 15 is 0 Å². The van der Waals surface area contributed by atoms with Gasteiger partial charge in [-0.25, -0.2) is 4.98 Å². The van der Waals surface area contributed by atoms with E-state index in [1.54, 1.807) is 15.9 Å². The quantitative estimate of drug-likeness (QED) is 0.828. The van der Waals surface area contributed by atoms with E-state index in [-0.39, 0.29) is 5.56 Å². The summed E-state index contributed by atoms with van der Waals surface area (Å²) in [6.07, 6.45) is 2.28. The Hall–Kier alpha value is -1.62. The zero-order valence-corrected chi connectivity index (χ0v) is 13.1. The maximum Gasteiger partial charge on any atom is 0.260 e. The minimum Gasteiger partial charge on any atom is -0.362 e. The molecule has 0 fully saturated rings. The highest BCUT2D eigenvalue weighted by molar-refractivity contribution is 7.14. The topological polar surface area (TPSA) is 46.9 Å². The molecule has 0 aliphatic carbocycles. The van der Waals surface area contributed by atoms with E-state index in [2.05, 4.69) is 17.2 Å². The molecule has 0 amide bonds. The molecule has 2 heterocycles. The molecule has 2 rings (SSSR count). The van der Waals surface area contributed by atoms with Crippen LogP contribution in [0.1, 0.15) is 32.4 Å². The highest BCUT2D eigenvalue weighted by Crippen LogP contribution is 2.22. The second kappa shape index (κ2) is 6.70. The summed E-state index contributed by atoms with van der Waals surface area (Å²) in [4.78, 5) is 16.9. The first-order valence-electron chi connectivity index (χ1n) is 7.07. The molecule has 0 bridgehead atoms. The van der Waals surface area contributed by atoms with Crippen molar-refractivity contribution in [2.45, 2.75) is 40.2 Å². The first-order chi connectivity index (χ1) is 9.67. The zero-order valence-electron chi connectivity index (χ0n) is 12.3. The van der Waals surface area contributed by atoms with Crippen LogP contribution in [0.25, 0.3) is 11.3 Å². The summed E-state index contributed by atoms with van der Waals surface area (Å²) in [5.74, 6) is 0. The number of rotatable bonds is 6. The van der Waals surface area contributed by atoms with Crippen LogP contribution >= 0.6 is 11.3 Å². The first kappa shape index (κ1) is 14.8. The molecule has 2 aromatic rings. The molecule has 0 aliphatic heterocycles. The van der Waals surface area contributed by atoms with Crippen LogP contribution in [0.5, 0.6) is 0 Å². The van der Waals surface area contributed by atoms with Crippen molar-refractivity contribution in [2.24, 2.45) is 0 Å². The second-order valence-corrected chi connectivity index (χ2v) is 5.61. The Labute approximate surface area is 123 Å². The van der Waals surface area contributed by atoms with E-state index < -0.39 is 0 Å². The van der Waals surface area contributed by atoms with Crippen molar-refractivity contribution in [3.63, 3.8) is 0 Å².